The molecule has 1 atom stereocenters. The maximum absolute atomic E-state index is 13.5. The van der Waals surface area contributed by atoms with Gasteiger partial charge in [-0.2, -0.15) is 10.2 Å². The summed E-state index contributed by atoms with van der Waals surface area (Å²) < 4.78 is 1.84. The van der Waals surface area contributed by atoms with Gasteiger partial charge in [0.2, 0.25) is 5.91 Å². The van der Waals surface area contributed by atoms with E-state index in [0.29, 0.717) is 6.42 Å². The minimum absolute atomic E-state index is 0.128. The second-order valence-corrected chi connectivity index (χ2v) is 10.8. The zero-order valence-corrected chi connectivity index (χ0v) is 23.6. The molecule has 1 unspecified atom stereocenters. The van der Waals surface area contributed by atoms with Gasteiger partial charge >= 0.3 is 5.97 Å². The molecule has 1 aromatic heterocycles. The van der Waals surface area contributed by atoms with Crippen LogP contribution in [-0.2, 0) is 9.59 Å². The Balaban J connectivity index is 1.38. The molecule has 0 aliphatic carbocycles. The molecule has 2 aliphatic heterocycles. The quantitative estimate of drug-likeness (QED) is 0.320. The third-order valence-corrected chi connectivity index (χ3v) is 7.85. The minimum atomic E-state index is -1.01. The number of hydrogen-bond acceptors (Lipinski definition) is 6. The summed E-state index contributed by atoms with van der Waals surface area (Å²) in [5.74, 6) is -1.33. The summed E-state index contributed by atoms with van der Waals surface area (Å²) in [4.78, 5) is 27.1. The van der Waals surface area contributed by atoms with Crippen LogP contribution in [0, 0.1) is 6.92 Å². The summed E-state index contributed by atoms with van der Waals surface area (Å²) in [5, 5.41) is 23.9. The number of anilines is 1. The summed E-state index contributed by atoms with van der Waals surface area (Å²) >= 11 is 0. The van der Waals surface area contributed by atoms with E-state index in [1.165, 1.54) is 5.01 Å². The summed E-state index contributed by atoms with van der Waals surface area (Å²) in [6.07, 6.45) is 2.08. The molecular formula is C33H34N6O3. The first kappa shape index (κ1) is 27.4. The molecule has 9 heteroatoms. The topological polar surface area (TPSA) is 103 Å². The van der Waals surface area contributed by atoms with E-state index in [2.05, 4.69) is 34.5 Å². The number of carbonyl (C=O) groups excluding carboxylic acids is 1. The van der Waals surface area contributed by atoms with E-state index in [-0.39, 0.29) is 18.7 Å². The van der Waals surface area contributed by atoms with Gasteiger partial charge in [-0.05, 0) is 36.8 Å². The van der Waals surface area contributed by atoms with Gasteiger partial charge in [0.05, 0.1) is 29.6 Å². The Hall–Kier alpha value is -4.76. The molecule has 0 saturated carbocycles. The second-order valence-electron chi connectivity index (χ2n) is 10.8. The molecule has 1 saturated heterocycles. The molecule has 0 radical (unpaired) electrons. The molecule has 42 heavy (non-hydrogen) atoms. The maximum atomic E-state index is 13.5. The fourth-order valence-electron chi connectivity index (χ4n) is 5.55. The Morgan fingerprint density at radius 3 is 2.26 bits per heavy atom. The third kappa shape index (κ3) is 5.82. The van der Waals surface area contributed by atoms with Gasteiger partial charge in [0.1, 0.15) is 0 Å². The number of nitrogens with zero attached hydrogens (tertiary/aromatic N) is 5. The van der Waals surface area contributed by atoms with E-state index in [4.69, 9.17) is 10.2 Å². The highest BCUT2D eigenvalue weighted by molar-refractivity contribution is 6.03. The highest BCUT2D eigenvalue weighted by Gasteiger charge is 2.36. The third-order valence-electron chi connectivity index (χ3n) is 7.85. The van der Waals surface area contributed by atoms with Crippen LogP contribution in [0.2, 0.25) is 0 Å². The van der Waals surface area contributed by atoms with Gasteiger partial charge in [-0.3, -0.25) is 9.59 Å². The number of hydrogen-bond donors (Lipinski definition) is 2. The van der Waals surface area contributed by atoms with Crippen molar-refractivity contribution in [3.63, 3.8) is 0 Å². The molecule has 0 spiro atoms. The van der Waals surface area contributed by atoms with Crippen molar-refractivity contribution in [3.05, 3.63) is 102 Å². The van der Waals surface area contributed by atoms with Crippen molar-refractivity contribution in [2.45, 2.75) is 32.2 Å². The van der Waals surface area contributed by atoms with Crippen LogP contribution < -0.4 is 10.2 Å². The Labute approximate surface area is 245 Å². The van der Waals surface area contributed by atoms with Crippen molar-refractivity contribution < 1.29 is 14.7 Å². The van der Waals surface area contributed by atoms with Crippen molar-refractivity contribution in [2.24, 2.45) is 5.10 Å². The lowest BCUT2D eigenvalue weighted by atomic mass is 9.96. The summed E-state index contributed by atoms with van der Waals surface area (Å²) in [7, 11) is 0. The largest absolute Gasteiger partial charge is 0.481 e. The number of amides is 1. The monoisotopic (exact) mass is 562 g/mol. The fourth-order valence-corrected chi connectivity index (χ4v) is 5.55. The molecular weight excluding hydrogens is 528 g/mol. The minimum Gasteiger partial charge on any atom is -0.481 e. The SMILES string of the molecule is Cc1ccc(-c2nn(-c3ccccc3)cc2C2CC(c3ccc(N4CCNCC4)cc3)=NN2C(=O)CCC(=O)O)cc1. The molecule has 9 nitrogen and oxygen atoms in total. The van der Waals surface area contributed by atoms with Gasteiger partial charge < -0.3 is 15.3 Å². The van der Waals surface area contributed by atoms with Crippen LogP contribution in [0.5, 0.6) is 0 Å². The van der Waals surface area contributed by atoms with Crippen LogP contribution in [0.4, 0.5) is 5.69 Å². The Morgan fingerprint density at radius 1 is 0.881 bits per heavy atom. The molecule has 2 aliphatic rings. The molecule has 2 N–H and O–H groups in total. The molecule has 3 aromatic carbocycles. The lowest BCUT2D eigenvalue weighted by Gasteiger charge is -2.29. The second kappa shape index (κ2) is 12.0. The van der Waals surface area contributed by atoms with Crippen molar-refractivity contribution in [1.29, 1.82) is 0 Å². The molecule has 1 amide bonds. The van der Waals surface area contributed by atoms with E-state index in [1.54, 1.807) is 0 Å². The van der Waals surface area contributed by atoms with E-state index in [1.807, 2.05) is 72.4 Å². The van der Waals surface area contributed by atoms with Gasteiger partial charge in [0.25, 0.3) is 0 Å². The normalized spacial score (nSPS) is 16.9. The molecule has 6 rings (SSSR count). The van der Waals surface area contributed by atoms with E-state index in [0.717, 1.165) is 71.2 Å². The number of rotatable bonds is 8. The Morgan fingerprint density at radius 2 is 1.57 bits per heavy atom. The number of hydrazone groups is 1. The number of benzene rings is 3. The predicted molar refractivity (Wildman–Crippen MR) is 163 cm³/mol. The van der Waals surface area contributed by atoms with Gasteiger partial charge in [0, 0.05) is 62.0 Å². The van der Waals surface area contributed by atoms with Crippen molar-refractivity contribution in [2.75, 3.05) is 31.1 Å². The number of piperazine rings is 1. The average Bonchev–Trinajstić information content (AvgIpc) is 3.67. The molecule has 1 fully saturated rings. The molecule has 214 valence electrons. The van der Waals surface area contributed by atoms with Crippen LogP contribution >= 0.6 is 0 Å². The number of carboxylic acid groups (broad SMARTS) is 1. The highest BCUT2D eigenvalue weighted by Crippen LogP contribution is 2.39. The zero-order chi connectivity index (χ0) is 29.1. The summed E-state index contributed by atoms with van der Waals surface area (Å²) in [5.41, 5.74) is 7.52. The number of nitrogens with one attached hydrogen (secondary N) is 1. The maximum Gasteiger partial charge on any atom is 0.303 e. The highest BCUT2D eigenvalue weighted by atomic mass is 16.4. The summed E-state index contributed by atoms with van der Waals surface area (Å²) in [6.45, 7) is 5.89. The van der Waals surface area contributed by atoms with Crippen LogP contribution in [0.1, 0.15) is 42.0 Å². The molecule has 0 bridgehead atoms. The van der Waals surface area contributed by atoms with Crippen LogP contribution in [0.25, 0.3) is 16.9 Å². The van der Waals surface area contributed by atoms with E-state index >= 15 is 0 Å². The number of aryl methyl sites for hydroxylation is 1. The van der Waals surface area contributed by atoms with Crippen molar-refractivity contribution >= 4 is 23.3 Å². The average molecular weight is 563 g/mol. The van der Waals surface area contributed by atoms with E-state index < -0.39 is 12.0 Å². The Bertz CT molecular complexity index is 1590. The van der Waals surface area contributed by atoms with E-state index in [9.17, 15) is 14.7 Å². The van der Waals surface area contributed by atoms with Crippen LogP contribution in [-0.4, -0.2) is 63.7 Å². The molecule has 4 aromatic rings. The smallest absolute Gasteiger partial charge is 0.303 e. The Kier molecular flexibility index (Phi) is 7.83. The lowest BCUT2D eigenvalue weighted by Crippen LogP contribution is -2.43. The number of para-hydroxylation sites is 1. The number of carbonyl (C=O) groups is 2. The van der Waals surface area contributed by atoms with Crippen molar-refractivity contribution in [3.8, 4) is 16.9 Å². The molecule has 3 heterocycles. The number of carboxylic acids is 1. The van der Waals surface area contributed by atoms with Crippen molar-refractivity contribution in [1.82, 2.24) is 20.1 Å². The van der Waals surface area contributed by atoms with Crippen LogP contribution in [0.3, 0.4) is 0 Å². The van der Waals surface area contributed by atoms with Crippen LogP contribution in [0.15, 0.2) is 90.2 Å². The predicted octanol–water partition coefficient (Wildman–Crippen LogP) is 4.80. The number of aromatic nitrogens is 2. The zero-order valence-electron chi connectivity index (χ0n) is 23.6. The summed E-state index contributed by atoms with van der Waals surface area (Å²) in [6, 6.07) is 26.0. The fraction of sp³-hybridized carbons (Fsp3) is 0.273. The lowest BCUT2D eigenvalue weighted by molar-refractivity contribution is -0.141. The standard InChI is InChI=1S/C33H34N6O3/c1-23-7-9-25(10-8-23)33-28(22-38(36-33)27-5-3-2-4-6-27)30-21-29(35-39(30)31(40)15-16-32(41)42)24-11-13-26(14-12-24)37-19-17-34-18-20-37/h2-14,22,30,34H,15-21H2,1H3,(H,41,42). The van der Waals surface area contributed by atoms with Gasteiger partial charge in [-0.25, -0.2) is 9.69 Å². The number of aliphatic carboxylic acids is 1. The first-order valence-corrected chi connectivity index (χ1v) is 14.4. The van der Waals surface area contributed by atoms with Gasteiger partial charge in [-0.1, -0.05) is 60.2 Å². The first-order valence-electron chi connectivity index (χ1n) is 14.4. The van der Waals surface area contributed by atoms with Gasteiger partial charge in [-0.15, -0.1) is 0 Å². The first-order chi connectivity index (χ1) is 20.5. The van der Waals surface area contributed by atoms with Gasteiger partial charge in [0.15, 0.2) is 0 Å².